The van der Waals surface area contributed by atoms with Gasteiger partial charge in [0.15, 0.2) is 5.82 Å². The summed E-state index contributed by atoms with van der Waals surface area (Å²) in [5.74, 6) is 0.718. The number of aromatic nitrogens is 3. The Morgan fingerprint density at radius 1 is 1.35 bits per heavy atom. The van der Waals surface area contributed by atoms with Gasteiger partial charge in [0.2, 0.25) is 0 Å². The fourth-order valence-corrected chi connectivity index (χ4v) is 2.16. The quantitative estimate of drug-likeness (QED) is 0.856. The Kier molecular flexibility index (Phi) is 9.48. The molecule has 0 atom stereocenters. The van der Waals surface area contributed by atoms with Crippen LogP contribution in [0.3, 0.4) is 0 Å². The van der Waals surface area contributed by atoms with E-state index in [0.29, 0.717) is 12.1 Å². The second-order valence-electron chi connectivity index (χ2n) is 4.79. The molecule has 0 fully saturated rings. The van der Waals surface area contributed by atoms with E-state index in [1.807, 2.05) is 32.2 Å². The van der Waals surface area contributed by atoms with Crippen LogP contribution in [0, 0.1) is 0 Å². The van der Waals surface area contributed by atoms with Crippen molar-refractivity contribution >= 4 is 30.7 Å². The third-order valence-corrected chi connectivity index (χ3v) is 3.34. The molecule has 2 aromatic heterocycles. The fraction of sp³-hybridized carbons (Fsp3) is 0.400. The molecule has 0 radical (unpaired) electrons. The first kappa shape index (κ1) is 21.4. The highest BCUT2D eigenvalue weighted by Gasteiger charge is 2.20. The SMILES string of the molecule is CCc1c(C(=O)N(C)CCNC)cnn1-c1ccccn1.Cl.Cl. The maximum Gasteiger partial charge on any atom is 0.257 e. The molecule has 1 N–H and O–H groups in total. The van der Waals surface area contributed by atoms with E-state index in [9.17, 15) is 4.79 Å². The molecule has 0 spiro atoms. The Hall–Kier alpha value is -1.63. The molecule has 0 saturated heterocycles. The van der Waals surface area contributed by atoms with Gasteiger partial charge in [0.05, 0.1) is 17.5 Å². The zero-order valence-corrected chi connectivity index (χ0v) is 15.2. The first-order valence-electron chi connectivity index (χ1n) is 7.07. The number of hydrogen-bond donors (Lipinski definition) is 1. The lowest BCUT2D eigenvalue weighted by Gasteiger charge is -2.17. The van der Waals surface area contributed by atoms with Crippen molar-refractivity contribution in [2.75, 3.05) is 27.2 Å². The number of pyridine rings is 1. The summed E-state index contributed by atoms with van der Waals surface area (Å²) in [6.45, 7) is 3.44. The van der Waals surface area contributed by atoms with Gasteiger partial charge in [0, 0.05) is 26.3 Å². The van der Waals surface area contributed by atoms with Crippen LogP contribution in [0.4, 0.5) is 0 Å². The summed E-state index contributed by atoms with van der Waals surface area (Å²) in [7, 11) is 3.67. The molecule has 1 amide bonds. The number of nitrogens with one attached hydrogen (secondary N) is 1. The number of hydrogen-bond acceptors (Lipinski definition) is 4. The number of rotatable bonds is 6. The van der Waals surface area contributed by atoms with E-state index < -0.39 is 0 Å². The number of carbonyl (C=O) groups excluding carboxylic acids is 1. The Morgan fingerprint density at radius 2 is 2.09 bits per heavy atom. The second-order valence-corrected chi connectivity index (χ2v) is 4.79. The zero-order chi connectivity index (χ0) is 15.2. The van der Waals surface area contributed by atoms with Gasteiger partial charge in [-0.3, -0.25) is 4.79 Å². The maximum absolute atomic E-state index is 12.5. The van der Waals surface area contributed by atoms with E-state index in [0.717, 1.165) is 24.5 Å². The summed E-state index contributed by atoms with van der Waals surface area (Å²) in [5, 5.41) is 7.37. The van der Waals surface area contributed by atoms with Gasteiger partial charge in [0.25, 0.3) is 5.91 Å². The lowest BCUT2D eigenvalue weighted by Crippen LogP contribution is -2.33. The molecule has 0 aromatic carbocycles. The van der Waals surface area contributed by atoms with Crippen LogP contribution >= 0.6 is 24.8 Å². The van der Waals surface area contributed by atoms with Crippen molar-refractivity contribution in [2.45, 2.75) is 13.3 Å². The van der Waals surface area contributed by atoms with Crippen LogP contribution in [0.5, 0.6) is 0 Å². The fourth-order valence-electron chi connectivity index (χ4n) is 2.16. The summed E-state index contributed by atoms with van der Waals surface area (Å²) < 4.78 is 1.74. The van der Waals surface area contributed by atoms with Crippen molar-refractivity contribution < 1.29 is 4.79 Å². The predicted molar refractivity (Wildman–Crippen MR) is 96.1 cm³/mol. The minimum atomic E-state index is -0.00992. The normalized spacial score (nSPS) is 9.70. The lowest BCUT2D eigenvalue weighted by molar-refractivity contribution is 0.0795. The van der Waals surface area contributed by atoms with E-state index in [1.165, 1.54) is 0 Å². The molecule has 23 heavy (non-hydrogen) atoms. The largest absolute Gasteiger partial charge is 0.340 e. The topological polar surface area (TPSA) is 63.1 Å². The minimum Gasteiger partial charge on any atom is -0.340 e. The Bertz CT molecular complexity index is 603. The van der Waals surface area contributed by atoms with Gasteiger partial charge >= 0.3 is 0 Å². The van der Waals surface area contributed by atoms with Crippen LogP contribution in [0.2, 0.25) is 0 Å². The van der Waals surface area contributed by atoms with Gasteiger partial charge in [-0.05, 0) is 25.6 Å². The molecule has 2 rings (SSSR count). The van der Waals surface area contributed by atoms with Crippen LogP contribution < -0.4 is 5.32 Å². The average Bonchev–Trinajstić information content (AvgIpc) is 2.96. The molecule has 2 heterocycles. The number of likely N-dealkylation sites (N-methyl/N-ethyl adjacent to an activating group) is 2. The summed E-state index contributed by atoms with van der Waals surface area (Å²) >= 11 is 0. The Labute approximate surface area is 149 Å². The molecule has 128 valence electrons. The van der Waals surface area contributed by atoms with Crippen molar-refractivity contribution in [3.63, 3.8) is 0 Å². The molecular weight excluding hydrogens is 337 g/mol. The standard InChI is InChI=1S/C15H21N5O.2ClH/c1-4-13-12(15(21)19(3)10-9-16-2)11-18-20(13)14-7-5-6-8-17-14;;/h5-8,11,16H,4,9-10H2,1-3H3;2*1H. The summed E-state index contributed by atoms with van der Waals surface area (Å²) in [4.78, 5) is 18.5. The molecule has 2 aromatic rings. The third kappa shape index (κ3) is 4.92. The number of halogens is 2. The van der Waals surface area contributed by atoms with Crippen molar-refractivity contribution in [3.8, 4) is 5.82 Å². The van der Waals surface area contributed by atoms with E-state index in [4.69, 9.17) is 0 Å². The first-order valence-corrected chi connectivity index (χ1v) is 7.07. The average molecular weight is 360 g/mol. The van der Waals surface area contributed by atoms with Crippen LogP contribution in [-0.4, -0.2) is 52.8 Å². The van der Waals surface area contributed by atoms with Crippen molar-refractivity contribution in [1.82, 2.24) is 25.0 Å². The van der Waals surface area contributed by atoms with Gasteiger partial charge < -0.3 is 10.2 Å². The van der Waals surface area contributed by atoms with E-state index in [1.54, 1.807) is 29.0 Å². The molecule has 0 saturated carbocycles. The third-order valence-electron chi connectivity index (χ3n) is 3.34. The maximum atomic E-state index is 12.5. The van der Waals surface area contributed by atoms with Gasteiger partial charge in [-0.2, -0.15) is 5.10 Å². The number of amides is 1. The highest BCUT2D eigenvalue weighted by atomic mass is 35.5. The van der Waals surface area contributed by atoms with Gasteiger partial charge in [-0.25, -0.2) is 9.67 Å². The van der Waals surface area contributed by atoms with Crippen LogP contribution in [-0.2, 0) is 6.42 Å². The molecule has 0 aliphatic carbocycles. The minimum absolute atomic E-state index is 0. The Morgan fingerprint density at radius 3 is 2.65 bits per heavy atom. The van der Waals surface area contributed by atoms with Crippen molar-refractivity contribution in [2.24, 2.45) is 0 Å². The van der Waals surface area contributed by atoms with Gasteiger partial charge in [-0.1, -0.05) is 13.0 Å². The summed E-state index contributed by atoms with van der Waals surface area (Å²) in [6.07, 6.45) is 4.07. The summed E-state index contributed by atoms with van der Waals surface area (Å²) in [5.41, 5.74) is 1.52. The molecule has 0 unspecified atom stereocenters. The number of carbonyl (C=O) groups is 1. The van der Waals surface area contributed by atoms with Crippen LogP contribution in [0.1, 0.15) is 23.0 Å². The van der Waals surface area contributed by atoms with Gasteiger partial charge in [0.1, 0.15) is 0 Å². The van der Waals surface area contributed by atoms with Crippen LogP contribution in [0.15, 0.2) is 30.6 Å². The number of nitrogens with zero attached hydrogens (tertiary/aromatic N) is 4. The summed E-state index contributed by atoms with van der Waals surface area (Å²) in [6, 6.07) is 5.64. The predicted octanol–water partition coefficient (Wildman–Crippen LogP) is 1.96. The molecule has 0 aliphatic rings. The first-order chi connectivity index (χ1) is 10.2. The molecular formula is C15H23Cl2N5O. The van der Waals surface area contributed by atoms with Crippen molar-refractivity contribution in [3.05, 3.63) is 41.9 Å². The van der Waals surface area contributed by atoms with E-state index in [2.05, 4.69) is 15.4 Å². The van der Waals surface area contributed by atoms with Crippen molar-refractivity contribution in [1.29, 1.82) is 0 Å². The highest BCUT2D eigenvalue weighted by molar-refractivity contribution is 5.95. The van der Waals surface area contributed by atoms with E-state index >= 15 is 0 Å². The molecule has 8 heteroatoms. The Balaban J connectivity index is 0.00000242. The monoisotopic (exact) mass is 359 g/mol. The smallest absolute Gasteiger partial charge is 0.257 e. The van der Waals surface area contributed by atoms with Crippen LogP contribution in [0.25, 0.3) is 5.82 Å². The van der Waals surface area contributed by atoms with E-state index in [-0.39, 0.29) is 30.7 Å². The molecule has 6 nitrogen and oxygen atoms in total. The lowest BCUT2D eigenvalue weighted by atomic mass is 10.2. The molecule has 0 bridgehead atoms. The van der Waals surface area contributed by atoms with Gasteiger partial charge in [-0.15, -0.1) is 24.8 Å². The molecule has 0 aliphatic heterocycles. The zero-order valence-electron chi connectivity index (χ0n) is 13.5. The second kappa shape index (κ2) is 10.2. The highest BCUT2D eigenvalue weighted by Crippen LogP contribution is 2.15.